The molecule has 38 heavy (non-hydrogen) atoms. The summed E-state index contributed by atoms with van der Waals surface area (Å²) >= 11 is 0. The van der Waals surface area contributed by atoms with Crippen molar-refractivity contribution >= 4 is 27.4 Å². The topological polar surface area (TPSA) is 169 Å². The summed E-state index contributed by atoms with van der Waals surface area (Å²) in [4.78, 5) is 29.3. The van der Waals surface area contributed by atoms with Crippen LogP contribution in [0.3, 0.4) is 0 Å². The van der Waals surface area contributed by atoms with Crippen LogP contribution in [0.2, 0.25) is 0 Å². The van der Waals surface area contributed by atoms with Crippen molar-refractivity contribution in [3.8, 4) is 11.1 Å². The second-order valence-electron chi connectivity index (χ2n) is 9.43. The molecule has 0 aliphatic carbocycles. The maximum Gasteiger partial charge on any atom is 0.267 e. The van der Waals surface area contributed by atoms with Crippen molar-refractivity contribution in [2.24, 2.45) is 10.9 Å². The average molecular weight is 548 g/mol. The molecular formula is C26H33N3O8S. The molecule has 11 nitrogen and oxygen atoms in total. The number of primary amides is 1. The van der Waals surface area contributed by atoms with Gasteiger partial charge < -0.3 is 20.4 Å². The van der Waals surface area contributed by atoms with Crippen LogP contribution >= 0.6 is 0 Å². The number of rotatable bonds is 12. The van der Waals surface area contributed by atoms with Crippen molar-refractivity contribution in [3.63, 3.8) is 0 Å². The van der Waals surface area contributed by atoms with Crippen LogP contribution in [0.5, 0.6) is 0 Å². The highest BCUT2D eigenvalue weighted by Gasteiger charge is 2.49. The number of amides is 2. The highest BCUT2D eigenvalue weighted by molar-refractivity contribution is 7.92. The van der Waals surface area contributed by atoms with Crippen LogP contribution in [-0.2, 0) is 29.0 Å². The largest absolute Gasteiger partial charge is 0.393 e. The van der Waals surface area contributed by atoms with E-state index in [4.69, 9.17) is 15.3 Å². The molecule has 1 aliphatic rings. The monoisotopic (exact) mass is 547 g/mol. The first-order valence-corrected chi connectivity index (χ1v) is 13.8. The van der Waals surface area contributed by atoms with Crippen molar-refractivity contribution in [1.29, 1.82) is 0 Å². The second kappa shape index (κ2) is 12.0. The molecule has 2 aromatic rings. The zero-order valence-corrected chi connectivity index (χ0v) is 22.3. The van der Waals surface area contributed by atoms with Crippen LogP contribution in [0, 0.1) is 0 Å². The quantitative estimate of drug-likeness (QED) is 0.267. The molecule has 0 saturated heterocycles. The molecule has 0 saturated carbocycles. The Balaban J connectivity index is 1.69. The van der Waals surface area contributed by atoms with Gasteiger partial charge in [-0.1, -0.05) is 53.7 Å². The molecule has 0 aromatic heterocycles. The van der Waals surface area contributed by atoms with Gasteiger partial charge in [0.1, 0.15) is 12.2 Å². The molecule has 2 amide bonds. The average Bonchev–Trinajstić information content (AvgIpc) is 3.35. The summed E-state index contributed by atoms with van der Waals surface area (Å²) in [7, 11) is -2.44. The van der Waals surface area contributed by atoms with Crippen LogP contribution in [0.4, 0.5) is 0 Å². The Bertz CT molecular complexity index is 1270. The number of benzene rings is 2. The smallest absolute Gasteiger partial charge is 0.267 e. The lowest BCUT2D eigenvalue weighted by Crippen LogP contribution is -2.52. The van der Waals surface area contributed by atoms with Crippen molar-refractivity contribution in [1.82, 2.24) is 5.06 Å². The number of methoxy groups -OCH3 is 1. The molecule has 1 unspecified atom stereocenters. The van der Waals surface area contributed by atoms with Crippen LogP contribution in [-0.4, -0.2) is 78.7 Å². The van der Waals surface area contributed by atoms with Crippen LogP contribution in [0.15, 0.2) is 53.7 Å². The number of hydrogen-bond donors (Lipinski definition) is 3. The zero-order chi connectivity index (χ0) is 28.1. The van der Waals surface area contributed by atoms with Crippen molar-refractivity contribution in [2.75, 3.05) is 26.5 Å². The van der Waals surface area contributed by atoms with Crippen molar-refractivity contribution in [3.05, 3.63) is 59.7 Å². The number of carbonyl (C=O) groups is 2. The molecular weight excluding hydrogens is 514 g/mol. The minimum absolute atomic E-state index is 0.110. The van der Waals surface area contributed by atoms with Gasteiger partial charge in [0.25, 0.3) is 5.91 Å². The van der Waals surface area contributed by atoms with E-state index in [0.29, 0.717) is 5.71 Å². The molecule has 206 valence electrons. The van der Waals surface area contributed by atoms with E-state index in [1.807, 2.05) is 48.5 Å². The normalized spacial score (nSPS) is 17.7. The van der Waals surface area contributed by atoms with E-state index in [9.17, 15) is 28.3 Å². The van der Waals surface area contributed by atoms with E-state index in [2.05, 4.69) is 5.16 Å². The van der Waals surface area contributed by atoms with Gasteiger partial charge in [-0.25, -0.2) is 13.5 Å². The zero-order valence-electron chi connectivity index (χ0n) is 21.5. The molecule has 1 aliphatic heterocycles. The Morgan fingerprint density at radius 3 is 2.21 bits per heavy atom. The molecule has 1 heterocycles. The van der Waals surface area contributed by atoms with E-state index < -0.39 is 39.0 Å². The van der Waals surface area contributed by atoms with Crippen LogP contribution in [0.25, 0.3) is 11.1 Å². The number of nitrogens with two attached hydrogens (primary N) is 1. The lowest BCUT2D eigenvalue weighted by atomic mass is 9.95. The van der Waals surface area contributed by atoms with Gasteiger partial charge in [0.15, 0.2) is 14.6 Å². The van der Waals surface area contributed by atoms with Gasteiger partial charge in [-0.3, -0.25) is 14.8 Å². The van der Waals surface area contributed by atoms with Gasteiger partial charge in [0, 0.05) is 32.6 Å². The standard InChI is InChI=1S/C26H33N3O8S/c1-26(38(3,34)35,25(32)29(33)13-12-24(27)31)15-21-14-22(28-37-21)19-8-4-17(5-9-19)18-6-10-20(11-7-18)23(16-30)36-2/h4-11,21,23,30,33H,12-16H2,1-3H3,(H2,27,31)/t21-,23?,26-/m1/s1. The van der Waals surface area contributed by atoms with Gasteiger partial charge in [-0.2, -0.15) is 0 Å². The van der Waals surface area contributed by atoms with Crippen molar-refractivity contribution < 1.29 is 37.9 Å². The third kappa shape index (κ3) is 6.57. The van der Waals surface area contributed by atoms with Gasteiger partial charge in [-0.05, 0) is 29.2 Å². The summed E-state index contributed by atoms with van der Waals surface area (Å²) in [5.74, 6) is -1.80. The summed E-state index contributed by atoms with van der Waals surface area (Å²) in [6.45, 7) is 0.686. The number of aliphatic hydroxyl groups excluding tert-OH is 1. The number of oxime groups is 1. The minimum Gasteiger partial charge on any atom is -0.393 e. The predicted octanol–water partition coefficient (Wildman–Crippen LogP) is 1.81. The number of carbonyl (C=O) groups excluding carboxylic acids is 2. The van der Waals surface area contributed by atoms with Gasteiger partial charge in [0.2, 0.25) is 5.91 Å². The lowest BCUT2D eigenvalue weighted by molar-refractivity contribution is -0.169. The fourth-order valence-corrected chi connectivity index (χ4v) is 5.10. The number of ether oxygens (including phenoxy) is 1. The van der Waals surface area contributed by atoms with E-state index in [0.717, 1.165) is 28.5 Å². The maximum atomic E-state index is 12.9. The van der Waals surface area contributed by atoms with Crippen molar-refractivity contribution in [2.45, 2.75) is 43.1 Å². The first-order chi connectivity index (χ1) is 17.9. The predicted molar refractivity (Wildman–Crippen MR) is 140 cm³/mol. The van der Waals surface area contributed by atoms with E-state index in [1.165, 1.54) is 6.92 Å². The van der Waals surface area contributed by atoms with Crippen LogP contribution < -0.4 is 5.73 Å². The third-order valence-electron chi connectivity index (χ3n) is 6.71. The number of hydrogen-bond acceptors (Lipinski definition) is 9. The molecule has 2 aromatic carbocycles. The highest BCUT2D eigenvalue weighted by atomic mass is 32.2. The van der Waals surface area contributed by atoms with Gasteiger partial charge in [-0.15, -0.1) is 0 Å². The fourth-order valence-electron chi connectivity index (χ4n) is 4.19. The first kappa shape index (κ1) is 29.2. The Morgan fingerprint density at radius 1 is 1.16 bits per heavy atom. The summed E-state index contributed by atoms with van der Waals surface area (Å²) in [6.07, 6.45) is -0.481. The Kier molecular flexibility index (Phi) is 9.26. The van der Waals surface area contributed by atoms with E-state index in [-0.39, 0.29) is 37.0 Å². The number of aliphatic hydroxyl groups is 1. The second-order valence-corrected chi connectivity index (χ2v) is 11.9. The van der Waals surface area contributed by atoms with E-state index >= 15 is 0 Å². The summed E-state index contributed by atoms with van der Waals surface area (Å²) in [5, 5.41) is 23.8. The first-order valence-electron chi connectivity index (χ1n) is 12.0. The summed E-state index contributed by atoms with van der Waals surface area (Å²) < 4.78 is 28.4. The molecule has 3 atom stereocenters. The summed E-state index contributed by atoms with van der Waals surface area (Å²) in [5.41, 5.74) is 9.24. The molecule has 12 heteroatoms. The highest BCUT2D eigenvalue weighted by Crippen LogP contribution is 2.31. The van der Waals surface area contributed by atoms with Gasteiger partial charge >= 0.3 is 0 Å². The Labute approximate surface area is 221 Å². The van der Waals surface area contributed by atoms with Gasteiger partial charge in [0.05, 0.1) is 18.9 Å². The third-order valence-corrected chi connectivity index (χ3v) is 8.69. The minimum atomic E-state index is -3.99. The number of nitrogens with zero attached hydrogens (tertiary/aromatic N) is 2. The number of hydroxylamine groups is 2. The molecule has 0 spiro atoms. The Hall–Kier alpha value is -3.32. The molecule has 0 bridgehead atoms. The SMILES string of the molecule is COC(CO)c1ccc(-c2ccc(C3=NO[C@@H](C[C@](C)(C(=O)N(O)CCC(N)=O)S(C)(=O)=O)C3)cc2)cc1. The molecule has 0 fully saturated rings. The molecule has 0 radical (unpaired) electrons. The fraction of sp³-hybridized carbons (Fsp3) is 0.423. The Morgan fingerprint density at radius 2 is 1.71 bits per heavy atom. The molecule has 4 N–H and O–H groups in total. The number of sulfone groups is 1. The van der Waals surface area contributed by atoms with E-state index in [1.54, 1.807) is 7.11 Å². The maximum absolute atomic E-state index is 12.9. The molecule has 3 rings (SSSR count). The van der Waals surface area contributed by atoms with Crippen LogP contribution in [0.1, 0.15) is 43.4 Å². The lowest BCUT2D eigenvalue weighted by Gasteiger charge is -2.31. The summed E-state index contributed by atoms with van der Waals surface area (Å²) in [6, 6.07) is 15.3.